The van der Waals surface area contributed by atoms with Crippen molar-refractivity contribution in [1.82, 2.24) is 10.3 Å². The van der Waals surface area contributed by atoms with E-state index in [1.54, 1.807) is 0 Å². The summed E-state index contributed by atoms with van der Waals surface area (Å²) in [6, 6.07) is 0. The van der Waals surface area contributed by atoms with Crippen molar-refractivity contribution >= 4 is 11.5 Å². The van der Waals surface area contributed by atoms with E-state index in [-0.39, 0.29) is 12.1 Å². The second-order valence-corrected chi connectivity index (χ2v) is 2.73. The third-order valence-corrected chi connectivity index (χ3v) is 1.78. The number of nitrogen functional groups attached to an aromatic ring is 1. The van der Waals surface area contributed by atoms with Crippen molar-refractivity contribution in [1.29, 1.82) is 0 Å². The van der Waals surface area contributed by atoms with Gasteiger partial charge in [-0.2, -0.15) is 0 Å². The number of rotatable bonds is 3. The lowest BCUT2D eigenvalue weighted by Gasteiger charge is -2.05. The van der Waals surface area contributed by atoms with Gasteiger partial charge in [0.05, 0.1) is 6.42 Å². The predicted molar refractivity (Wildman–Crippen MR) is 46.4 cm³/mol. The lowest BCUT2D eigenvalue weighted by Crippen LogP contribution is -2.13. The molecule has 1 aromatic rings. The van der Waals surface area contributed by atoms with E-state index in [1.165, 1.54) is 0 Å². The summed E-state index contributed by atoms with van der Waals surface area (Å²) in [7, 11) is 0. The first-order valence-electron chi connectivity index (χ1n) is 4.24. The normalized spacial score (nSPS) is 20.6. The lowest BCUT2D eigenvalue weighted by atomic mass is 10.2. The van der Waals surface area contributed by atoms with Crippen LogP contribution in [0.3, 0.4) is 0 Å². The van der Waals surface area contributed by atoms with Crippen LogP contribution in [0, 0.1) is 0 Å². The molecule has 1 aliphatic rings. The minimum atomic E-state index is -0.355. The number of nitrogens with zero attached hydrogens (tertiary/aromatic N) is 3. The summed E-state index contributed by atoms with van der Waals surface area (Å²) in [5.41, 5.74) is 6.52. The molecule has 1 aliphatic heterocycles. The maximum absolute atomic E-state index is 5.50. The van der Waals surface area contributed by atoms with Gasteiger partial charge in [0.1, 0.15) is 5.71 Å². The molecule has 0 unspecified atom stereocenters. The Labute approximate surface area is 79.8 Å². The van der Waals surface area contributed by atoms with Crippen LogP contribution < -0.4 is 5.73 Å². The molecule has 14 heavy (non-hydrogen) atoms. The monoisotopic (exact) mass is 198 g/mol. The third-order valence-electron chi connectivity index (χ3n) is 1.78. The second-order valence-electron chi connectivity index (χ2n) is 2.73. The van der Waals surface area contributed by atoms with Gasteiger partial charge in [-0.25, -0.2) is 4.63 Å². The van der Waals surface area contributed by atoms with Gasteiger partial charge in [-0.1, -0.05) is 5.16 Å². The van der Waals surface area contributed by atoms with E-state index in [9.17, 15) is 0 Å². The molecular formula is C7H10N4O3. The number of oxime groups is 1. The summed E-state index contributed by atoms with van der Waals surface area (Å²) in [5.74, 6) is 0.212. The van der Waals surface area contributed by atoms with Crippen LogP contribution in [0.5, 0.6) is 0 Å². The molecule has 0 amide bonds. The fourth-order valence-electron chi connectivity index (χ4n) is 1.17. The first-order chi connectivity index (χ1) is 6.81. The van der Waals surface area contributed by atoms with Crippen molar-refractivity contribution in [2.45, 2.75) is 19.6 Å². The zero-order chi connectivity index (χ0) is 9.97. The van der Waals surface area contributed by atoms with E-state index < -0.39 is 0 Å². The van der Waals surface area contributed by atoms with Gasteiger partial charge in [0.15, 0.2) is 11.5 Å². The Kier molecular flexibility index (Phi) is 2.32. The number of aromatic nitrogens is 2. The fourth-order valence-corrected chi connectivity index (χ4v) is 1.17. The van der Waals surface area contributed by atoms with Crippen LogP contribution in [0.1, 0.15) is 19.0 Å². The van der Waals surface area contributed by atoms with Crippen LogP contribution in [0.15, 0.2) is 9.78 Å². The Hall–Kier alpha value is -1.63. The molecule has 1 atom stereocenters. The average Bonchev–Trinajstić information content (AvgIpc) is 2.74. The van der Waals surface area contributed by atoms with Crippen LogP contribution in [0.4, 0.5) is 5.82 Å². The third kappa shape index (κ3) is 1.53. The first-order valence-corrected chi connectivity index (χ1v) is 4.24. The highest BCUT2D eigenvalue weighted by molar-refractivity contribution is 6.02. The maximum Gasteiger partial charge on any atom is 0.232 e. The minimum absolute atomic E-state index is 0.212. The molecule has 76 valence electrons. The van der Waals surface area contributed by atoms with Crippen molar-refractivity contribution in [3.8, 4) is 0 Å². The molecule has 0 saturated carbocycles. The lowest BCUT2D eigenvalue weighted by molar-refractivity contribution is -0.120. The Morgan fingerprint density at radius 1 is 1.57 bits per heavy atom. The molecule has 1 aromatic heterocycles. The van der Waals surface area contributed by atoms with Crippen LogP contribution in [-0.2, 0) is 9.57 Å². The highest BCUT2D eigenvalue weighted by Gasteiger charge is 2.26. The van der Waals surface area contributed by atoms with E-state index in [0.29, 0.717) is 24.4 Å². The summed E-state index contributed by atoms with van der Waals surface area (Å²) in [4.78, 5) is 4.99. The number of anilines is 1. The number of nitrogens with two attached hydrogens (primary N) is 1. The Morgan fingerprint density at radius 2 is 2.43 bits per heavy atom. The summed E-state index contributed by atoms with van der Waals surface area (Å²) in [6.07, 6.45) is 0.151. The Morgan fingerprint density at radius 3 is 3.07 bits per heavy atom. The summed E-state index contributed by atoms with van der Waals surface area (Å²) < 4.78 is 9.67. The molecule has 0 aromatic carbocycles. The van der Waals surface area contributed by atoms with E-state index >= 15 is 0 Å². The topological polar surface area (TPSA) is 95.8 Å². The summed E-state index contributed by atoms with van der Waals surface area (Å²) in [5, 5.41) is 10.8. The van der Waals surface area contributed by atoms with Gasteiger partial charge in [-0.3, -0.25) is 0 Å². The highest BCUT2D eigenvalue weighted by Crippen LogP contribution is 2.18. The van der Waals surface area contributed by atoms with Gasteiger partial charge >= 0.3 is 0 Å². The maximum atomic E-state index is 5.50. The fraction of sp³-hybridized carbons (Fsp3) is 0.571. The highest BCUT2D eigenvalue weighted by atomic mass is 16.8. The van der Waals surface area contributed by atoms with Gasteiger partial charge in [0.25, 0.3) is 0 Å². The average molecular weight is 198 g/mol. The van der Waals surface area contributed by atoms with Crippen LogP contribution in [0.25, 0.3) is 0 Å². The van der Waals surface area contributed by atoms with E-state index in [2.05, 4.69) is 20.1 Å². The van der Waals surface area contributed by atoms with Crippen molar-refractivity contribution in [3.05, 3.63) is 5.69 Å². The molecule has 2 rings (SSSR count). The molecule has 0 aliphatic carbocycles. The van der Waals surface area contributed by atoms with Gasteiger partial charge in [0.2, 0.25) is 6.29 Å². The quantitative estimate of drug-likeness (QED) is 0.742. The zero-order valence-corrected chi connectivity index (χ0v) is 7.64. The van der Waals surface area contributed by atoms with Crippen molar-refractivity contribution in [2.75, 3.05) is 12.3 Å². The minimum Gasteiger partial charge on any atom is -0.379 e. The van der Waals surface area contributed by atoms with Crippen molar-refractivity contribution < 1.29 is 14.2 Å². The second kappa shape index (κ2) is 3.62. The molecule has 0 bridgehead atoms. The molecule has 2 N–H and O–H groups in total. The molecule has 0 fully saturated rings. The van der Waals surface area contributed by atoms with E-state index in [1.807, 2.05) is 6.92 Å². The number of hydrogen-bond donors (Lipinski definition) is 1. The van der Waals surface area contributed by atoms with Gasteiger partial charge in [-0.05, 0) is 17.2 Å². The first kappa shape index (κ1) is 8.95. The molecular weight excluding hydrogens is 188 g/mol. The molecule has 7 nitrogen and oxygen atoms in total. The standard InChI is InChI=1S/C7H10N4O3/c1-2-12-5-3-4(9-13-5)6-7(8)11-14-10-6/h5H,2-3H2,1H3,(H2,8,11)/t5-/m1/s1. The van der Waals surface area contributed by atoms with Gasteiger partial charge in [0, 0.05) is 6.61 Å². The van der Waals surface area contributed by atoms with Gasteiger partial charge < -0.3 is 15.3 Å². The molecule has 0 saturated heterocycles. The molecule has 7 heteroatoms. The molecule has 0 radical (unpaired) electrons. The van der Waals surface area contributed by atoms with Crippen LogP contribution >= 0.6 is 0 Å². The number of hydrogen-bond acceptors (Lipinski definition) is 7. The number of ether oxygens (including phenoxy) is 1. The smallest absolute Gasteiger partial charge is 0.232 e. The van der Waals surface area contributed by atoms with Crippen molar-refractivity contribution in [2.24, 2.45) is 5.16 Å². The predicted octanol–water partition coefficient (Wildman–Crippen LogP) is 0.139. The summed E-state index contributed by atoms with van der Waals surface area (Å²) >= 11 is 0. The van der Waals surface area contributed by atoms with E-state index in [0.717, 1.165) is 0 Å². The Bertz CT molecular complexity index is 348. The summed E-state index contributed by atoms with van der Waals surface area (Å²) in [6.45, 7) is 2.45. The SMILES string of the molecule is CCO[C@H]1CC(c2nonc2N)=NO1. The zero-order valence-electron chi connectivity index (χ0n) is 7.64. The van der Waals surface area contributed by atoms with Crippen molar-refractivity contribution in [3.63, 3.8) is 0 Å². The Balaban J connectivity index is 2.05. The van der Waals surface area contributed by atoms with E-state index in [4.69, 9.17) is 15.3 Å². The van der Waals surface area contributed by atoms with Gasteiger partial charge in [-0.15, -0.1) is 0 Å². The molecule has 0 spiro atoms. The molecule has 2 heterocycles. The van der Waals surface area contributed by atoms with Crippen LogP contribution in [0.2, 0.25) is 0 Å². The largest absolute Gasteiger partial charge is 0.379 e. The van der Waals surface area contributed by atoms with Crippen LogP contribution in [-0.4, -0.2) is 28.9 Å².